The van der Waals surface area contributed by atoms with Gasteiger partial charge in [0, 0.05) is 17.0 Å². The van der Waals surface area contributed by atoms with Crippen LogP contribution in [0.15, 0.2) is 46.8 Å². The number of nitrogens with one attached hydrogen (secondary N) is 1. The Labute approximate surface area is 150 Å². The molecule has 2 rings (SSSR count). The fourth-order valence-electron chi connectivity index (χ4n) is 2.88. The van der Waals surface area contributed by atoms with Crippen molar-refractivity contribution in [3.8, 4) is 5.75 Å². The van der Waals surface area contributed by atoms with Gasteiger partial charge in [0.2, 0.25) is 0 Å². The van der Waals surface area contributed by atoms with E-state index in [-0.39, 0.29) is 17.0 Å². The Morgan fingerprint density at radius 1 is 1.07 bits per heavy atom. The molecule has 27 heavy (non-hydrogen) atoms. The molecule has 0 aromatic heterocycles. The van der Waals surface area contributed by atoms with Crippen molar-refractivity contribution in [2.45, 2.75) is 32.3 Å². The van der Waals surface area contributed by atoms with Crippen LogP contribution in [0, 0.1) is 0 Å². The SMILES string of the molecule is CC1=C(C(=O)O)C(c2ccccc2OC(F)(F)C(F)F)C(C(=O)O)=C(C)N1. The topological polar surface area (TPSA) is 95.9 Å². The molecular weight excluding hydrogens is 374 g/mol. The number of aliphatic carboxylic acids is 2. The van der Waals surface area contributed by atoms with Gasteiger partial charge < -0.3 is 20.3 Å². The van der Waals surface area contributed by atoms with Gasteiger partial charge in [-0.15, -0.1) is 0 Å². The number of benzene rings is 1. The maximum atomic E-state index is 13.4. The van der Waals surface area contributed by atoms with Crippen LogP contribution in [0.3, 0.4) is 0 Å². The second-order valence-electron chi connectivity index (χ2n) is 5.75. The lowest BCUT2D eigenvalue weighted by Crippen LogP contribution is -2.35. The first-order valence-electron chi connectivity index (χ1n) is 7.56. The minimum Gasteiger partial charge on any atom is -0.478 e. The van der Waals surface area contributed by atoms with Crippen LogP contribution in [0.25, 0.3) is 0 Å². The lowest BCUT2D eigenvalue weighted by molar-refractivity contribution is -0.253. The number of allylic oxidation sites excluding steroid dienone is 2. The molecule has 0 aliphatic carbocycles. The predicted octanol–water partition coefficient (Wildman–Crippen LogP) is 3.33. The summed E-state index contributed by atoms with van der Waals surface area (Å²) in [4.78, 5) is 23.4. The highest BCUT2D eigenvalue weighted by atomic mass is 19.3. The molecule has 0 bridgehead atoms. The number of carbonyl (C=O) groups is 2. The van der Waals surface area contributed by atoms with Crippen LogP contribution >= 0.6 is 0 Å². The summed E-state index contributed by atoms with van der Waals surface area (Å²) in [6, 6.07) is 4.64. The maximum Gasteiger partial charge on any atom is 0.461 e. The molecule has 0 fully saturated rings. The predicted molar refractivity (Wildman–Crippen MR) is 84.6 cm³/mol. The summed E-state index contributed by atoms with van der Waals surface area (Å²) in [5.41, 5.74) is -0.951. The van der Waals surface area contributed by atoms with Gasteiger partial charge in [-0.25, -0.2) is 9.59 Å². The van der Waals surface area contributed by atoms with Gasteiger partial charge >= 0.3 is 24.5 Å². The molecule has 0 amide bonds. The fraction of sp³-hybridized carbons (Fsp3) is 0.294. The van der Waals surface area contributed by atoms with E-state index in [9.17, 15) is 37.4 Å². The average molecular weight is 389 g/mol. The van der Waals surface area contributed by atoms with Gasteiger partial charge in [0.05, 0.1) is 17.1 Å². The first kappa shape index (κ1) is 20.3. The van der Waals surface area contributed by atoms with Gasteiger partial charge in [0.1, 0.15) is 5.75 Å². The van der Waals surface area contributed by atoms with Crippen molar-refractivity contribution < 1.29 is 42.1 Å². The van der Waals surface area contributed by atoms with E-state index in [0.29, 0.717) is 0 Å². The molecule has 146 valence electrons. The molecule has 0 radical (unpaired) electrons. The summed E-state index contributed by atoms with van der Waals surface area (Å²) in [7, 11) is 0. The number of alkyl halides is 4. The van der Waals surface area contributed by atoms with Crippen molar-refractivity contribution in [3.05, 3.63) is 52.4 Å². The second kappa shape index (κ2) is 7.29. The number of halogens is 4. The van der Waals surface area contributed by atoms with Crippen LogP contribution in [0.5, 0.6) is 5.75 Å². The molecule has 1 aliphatic heterocycles. The molecule has 0 atom stereocenters. The first-order valence-corrected chi connectivity index (χ1v) is 7.56. The van der Waals surface area contributed by atoms with E-state index < -0.39 is 47.3 Å². The van der Waals surface area contributed by atoms with Gasteiger partial charge in [-0.1, -0.05) is 18.2 Å². The minimum atomic E-state index is -4.84. The zero-order chi connectivity index (χ0) is 20.5. The summed E-state index contributed by atoms with van der Waals surface area (Å²) in [6.45, 7) is 2.74. The molecule has 0 saturated heterocycles. The van der Waals surface area contributed by atoms with Crippen LogP contribution < -0.4 is 10.1 Å². The molecule has 0 spiro atoms. The average Bonchev–Trinajstić information content (AvgIpc) is 2.53. The van der Waals surface area contributed by atoms with Crippen LogP contribution in [-0.4, -0.2) is 34.7 Å². The van der Waals surface area contributed by atoms with E-state index >= 15 is 0 Å². The number of ether oxygens (including phenoxy) is 1. The van der Waals surface area contributed by atoms with Gasteiger partial charge in [-0.2, -0.15) is 17.6 Å². The standard InChI is InChI=1S/C17H15F4NO5/c1-7-11(14(23)24)13(12(15(25)26)8(2)22-7)9-5-3-4-6-10(9)27-17(20,21)16(18)19/h3-6,13,16,22H,1-2H3,(H,23,24)(H,25,26). The van der Waals surface area contributed by atoms with Gasteiger partial charge in [0.15, 0.2) is 0 Å². The molecule has 1 heterocycles. The van der Waals surface area contributed by atoms with Gasteiger partial charge in [-0.3, -0.25) is 0 Å². The van der Waals surface area contributed by atoms with Crippen molar-refractivity contribution in [1.29, 1.82) is 0 Å². The van der Waals surface area contributed by atoms with E-state index in [1.807, 2.05) is 0 Å². The summed E-state index contributed by atoms with van der Waals surface area (Å²) in [6.07, 6.45) is -8.97. The van der Waals surface area contributed by atoms with E-state index in [1.165, 1.54) is 26.0 Å². The number of carboxylic acids is 2. The molecule has 1 aromatic rings. The third-order valence-corrected chi connectivity index (χ3v) is 3.95. The minimum absolute atomic E-state index is 0.0884. The summed E-state index contributed by atoms with van der Waals surface area (Å²) >= 11 is 0. The summed E-state index contributed by atoms with van der Waals surface area (Å²) in [5.74, 6) is -5.24. The van der Waals surface area contributed by atoms with Crippen molar-refractivity contribution in [3.63, 3.8) is 0 Å². The molecule has 3 N–H and O–H groups in total. The van der Waals surface area contributed by atoms with Crippen LogP contribution in [0.4, 0.5) is 17.6 Å². The molecule has 0 saturated carbocycles. The second-order valence-corrected chi connectivity index (χ2v) is 5.75. The normalized spacial score (nSPS) is 15.8. The summed E-state index contributed by atoms with van der Waals surface area (Å²) in [5, 5.41) is 21.6. The Bertz CT molecular complexity index is 811. The zero-order valence-corrected chi connectivity index (χ0v) is 14.1. The lowest BCUT2D eigenvalue weighted by Gasteiger charge is -2.30. The van der Waals surface area contributed by atoms with Crippen LogP contribution in [-0.2, 0) is 9.59 Å². The molecule has 10 heteroatoms. The molecule has 6 nitrogen and oxygen atoms in total. The van der Waals surface area contributed by atoms with E-state index in [0.717, 1.165) is 12.1 Å². The molecule has 1 aromatic carbocycles. The highest BCUT2D eigenvalue weighted by Crippen LogP contribution is 2.43. The van der Waals surface area contributed by atoms with Crippen molar-refractivity contribution in [2.24, 2.45) is 0 Å². The number of hydrogen-bond acceptors (Lipinski definition) is 4. The number of hydrogen-bond donors (Lipinski definition) is 3. The van der Waals surface area contributed by atoms with Crippen LogP contribution in [0.2, 0.25) is 0 Å². The maximum absolute atomic E-state index is 13.4. The Morgan fingerprint density at radius 2 is 1.56 bits per heavy atom. The van der Waals surface area contributed by atoms with Crippen LogP contribution in [0.1, 0.15) is 25.3 Å². The quantitative estimate of drug-likeness (QED) is 0.646. The summed E-state index contributed by atoms with van der Waals surface area (Å²) < 4.78 is 56.0. The molecule has 0 unspecified atom stereocenters. The third kappa shape index (κ3) is 3.88. The Balaban J connectivity index is 2.70. The highest BCUT2D eigenvalue weighted by Gasteiger charge is 2.45. The molecular formula is C17H15F4NO5. The Hall–Kier alpha value is -3.04. The third-order valence-electron chi connectivity index (χ3n) is 3.95. The zero-order valence-electron chi connectivity index (χ0n) is 14.1. The van der Waals surface area contributed by atoms with Gasteiger partial charge in [0.25, 0.3) is 0 Å². The molecule has 1 aliphatic rings. The number of dihydropyridines is 1. The largest absolute Gasteiger partial charge is 0.478 e. The monoisotopic (exact) mass is 389 g/mol. The number of rotatable bonds is 6. The van der Waals surface area contributed by atoms with E-state index in [4.69, 9.17) is 0 Å². The number of para-hydroxylation sites is 1. The van der Waals surface area contributed by atoms with Crippen molar-refractivity contribution in [2.75, 3.05) is 0 Å². The van der Waals surface area contributed by atoms with Gasteiger partial charge in [-0.05, 0) is 19.9 Å². The fourth-order valence-corrected chi connectivity index (χ4v) is 2.88. The lowest BCUT2D eigenvalue weighted by atomic mass is 9.80. The van der Waals surface area contributed by atoms with Crippen molar-refractivity contribution in [1.82, 2.24) is 5.32 Å². The Morgan fingerprint density at radius 3 is 2.00 bits per heavy atom. The van der Waals surface area contributed by atoms with E-state index in [2.05, 4.69) is 10.1 Å². The first-order chi connectivity index (χ1) is 12.5. The Kier molecular flexibility index (Phi) is 5.48. The van der Waals surface area contributed by atoms with Crippen molar-refractivity contribution >= 4 is 11.9 Å². The highest BCUT2D eigenvalue weighted by molar-refractivity contribution is 5.98. The smallest absolute Gasteiger partial charge is 0.461 e. The number of carboxylic acid groups (broad SMARTS) is 2. The van der Waals surface area contributed by atoms with E-state index in [1.54, 1.807) is 0 Å².